The van der Waals surface area contributed by atoms with Gasteiger partial charge in [0.2, 0.25) is 0 Å². The SMILES string of the molecule is CCC(OC)C(=O)c1ccc(C)c(F)c1F. The van der Waals surface area contributed by atoms with Gasteiger partial charge in [-0.2, -0.15) is 0 Å². The molecule has 0 amide bonds. The van der Waals surface area contributed by atoms with Crippen LogP contribution in [0.5, 0.6) is 0 Å². The van der Waals surface area contributed by atoms with Crippen molar-refractivity contribution in [3.63, 3.8) is 0 Å². The molecule has 1 rings (SSSR count). The van der Waals surface area contributed by atoms with E-state index < -0.39 is 23.5 Å². The summed E-state index contributed by atoms with van der Waals surface area (Å²) in [7, 11) is 1.37. The van der Waals surface area contributed by atoms with Crippen molar-refractivity contribution in [3.05, 3.63) is 34.9 Å². The molecule has 2 nitrogen and oxygen atoms in total. The highest BCUT2D eigenvalue weighted by Gasteiger charge is 2.23. The molecule has 0 saturated heterocycles. The van der Waals surface area contributed by atoms with Crippen LogP contribution in [0.1, 0.15) is 29.3 Å². The standard InChI is InChI=1S/C12H14F2O2/c1-4-9(16-3)12(15)8-6-5-7(2)10(13)11(8)14/h5-6,9H,4H2,1-3H3. The molecule has 0 fully saturated rings. The zero-order valence-electron chi connectivity index (χ0n) is 9.51. The molecule has 0 N–H and O–H groups in total. The summed E-state index contributed by atoms with van der Waals surface area (Å²) in [6.45, 7) is 3.19. The lowest BCUT2D eigenvalue weighted by Gasteiger charge is -2.12. The first kappa shape index (κ1) is 12.8. The lowest BCUT2D eigenvalue weighted by Crippen LogP contribution is -2.23. The van der Waals surface area contributed by atoms with Crippen LogP contribution in [-0.4, -0.2) is 19.0 Å². The van der Waals surface area contributed by atoms with Crippen molar-refractivity contribution in [2.45, 2.75) is 26.4 Å². The topological polar surface area (TPSA) is 26.3 Å². The molecule has 1 aromatic rings. The van der Waals surface area contributed by atoms with Crippen LogP contribution in [0.2, 0.25) is 0 Å². The van der Waals surface area contributed by atoms with Gasteiger partial charge in [-0.15, -0.1) is 0 Å². The number of hydrogen-bond acceptors (Lipinski definition) is 2. The van der Waals surface area contributed by atoms with Gasteiger partial charge in [0.25, 0.3) is 0 Å². The third kappa shape index (κ3) is 2.27. The van der Waals surface area contributed by atoms with Crippen molar-refractivity contribution in [1.29, 1.82) is 0 Å². The maximum absolute atomic E-state index is 13.5. The van der Waals surface area contributed by atoms with Crippen LogP contribution < -0.4 is 0 Å². The molecular weight excluding hydrogens is 214 g/mol. The number of ether oxygens (including phenoxy) is 1. The average molecular weight is 228 g/mol. The molecule has 0 spiro atoms. The lowest BCUT2D eigenvalue weighted by atomic mass is 10.0. The van der Waals surface area contributed by atoms with Gasteiger partial charge in [0, 0.05) is 7.11 Å². The van der Waals surface area contributed by atoms with E-state index in [-0.39, 0.29) is 11.1 Å². The largest absolute Gasteiger partial charge is 0.373 e. The zero-order valence-corrected chi connectivity index (χ0v) is 9.51. The van der Waals surface area contributed by atoms with Crippen LogP contribution in [0.4, 0.5) is 8.78 Å². The van der Waals surface area contributed by atoms with E-state index in [1.807, 2.05) is 0 Å². The molecule has 1 unspecified atom stereocenters. The van der Waals surface area contributed by atoms with Crippen molar-refractivity contribution < 1.29 is 18.3 Å². The molecule has 4 heteroatoms. The molecule has 0 saturated carbocycles. The van der Waals surface area contributed by atoms with Crippen LogP contribution in [0.15, 0.2) is 12.1 Å². The fourth-order valence-electron chi connectivity index (χ4n) is 1.47. The number of rotatable bonds is 4. The molecule has 0 aliphatic heterocycles. The third-order valence-corrected chi connectivity index (χ3v) is 2.49. The number of ketones is 1. The molecule has 88 valence electrons. The summed E-state index contributed by atoms with van der Waals surface area (Å²) in [4.78, 5) is 11.8. The smallest absolute Gasteiger partial charge is 0.194 e. The van der Waals surface area contributed by atoms with Gasteiger partial charge in [0.1, 0.15) is 6.10 Å². The Morgan fingerprint density at radius 1 is 1.38 bits per heavy atom. The van der Waals surface area contributed by atoms with Gasteiger partial charge >= 0.3 is 0 Å². The van der Waals surface area contributed by atoms with Gasteiger partial charge in [-0.05, 0) is 25.0 Å². The predicted molar refractivity (Wildman–Crippen MR) is 56.5 cm³/mol. The third-order valence-electron chi connectivity index (χ3n) is 2.49. The summed E-state index contributed by atoms with van der Waals surface area (Å²) in [6.07, 6.45) is -0.304. The van der Waals surface area contributed by atoms with Crippen molar-refractivity contribution in [1.82, 2.24) is 0 Å². The predicted octanol–water partition coefficient (Wildman–Crippen LogP) is 2.88. The van der Waals surface area contributed by atoms with E-state index in [0.717, 1.165) is 0 Å². The second-order valence-corrected chi connectivity index (χ2v) is 3.55. The molecule has 1 atom stereocenters. The fraction of sp³-hybridized carbons (Fsp3) is 0.417. The number of aryl methyl sites for hydroxylation is 1. The number of benzene rings is 1. The molecule has 0 heterocycles. The first-order valence-corrected chi connectivity index (χ1v) is 5.04. The van der Waals surface area contributed by atoms with Gasteiger partial charge in [-0.25, -0.2) is 8.78 Å². The fourth-order valence-corrected chi connectivity index (χ4v) is 1.47. The second-order valence-electron chi connectivity index (χ2n) is 3.55. The van der Waals surface area contributed by atoms with Crippen LogP contribution in [0, 0.1) is 18.6 Å². The van der Waals surface area contributed by atoms with Gasteiger partial charge < -0.3 is 4.74 Å². The summed E-state index contributed by atoms with van der Waals surface area (Å²) < 4.78 is 31.7. The van der Waals surface area contributed by atoms with E-state index in [1.165, 1.54) is 26.2 Å². The molecule has 1 aromatic carbocycles. The van der Waals surface area contributed by atoms with Crippen LogP contribution in [0.3, 0.4) is 0 Å². The molecular formula is C12H14F2O2. The Kier molecular flexibility index (Phi) is 4.12. The number of hydrogen-bond donors (Lipinski definition) is 0. The summed E-state index contributed by atoms with van der Waals surface area (Å²) in [5.41, 5.74) is -0.0729. The van der Waals surface area contributed by atoms with Gasteiger partial charge in [0.15, 0.2) is 17.4 Å². The number of Topliss-reactive ketones (excluding diaryl/α,β-unsaturated/α-hetero) is 1. The Hall–Kier alpha value is -1.29. The number of methoxy groups -OCH3 is 1. The maximum Gasteiger partial charge on any atom is 0.194 e. The Morgan fingerprint density at radius 3 is 2.50 bits per heavy atom. The van der Waals surface area contributed by atoms with Gasteiger partial charge in [-0.1, -0.05) is 13.0 Å². The summed E-state index contributed by atoms with van der Waals surface area (Å²) in [5, 5.41) is 0. The monoisotopic (exact) mass is 228 g/mol. The van der Waals surface area contributed by atoms with Gasteiger partial charge in [0.05, 0.1) is 5.56 Å². The van der Waals surface area contributed by atoms with Crippen LogP contribution >= 0.6 is 0 Å². The summed E-state index contributed by atoms with van der Waals surface area (Å²) in [6, 6.07) is 2.67. The van der Waals surface area contributed by atoms with E-state index in [2.05, 4.69) is 0 Å². The highest BCUT2D eigenvalue weighted by atomic mass is 19.2. The van der Waals surface area contributed by atoms with Crippen LogP contribution in [0.25, 0.3) is 0 Å². The molecule has 0 aliphatic rings. The van der Waals surface area contributed by atoms with Crippen molar-refractivity contribution in [2.75, 3.05) is 7.11 Å². The van der Waals surface area contributed by atoms with Gasteiger partial charge in [-0.3, -0.25) is 4.79 Å². The molecule has 16 heavy (non-hydrogen) atoms. The van der Waals surface area contributed by atoms with Crippen molar-refractivity contribution in [3.8, 4) is 0 Å². The Morgan fingerprint density at radius 2 is 2.00 bits per heavy atom. The molecule has 0 radical (unpaired) electrons. The Bertz CT molecular complexity index is 398. The average Bonchev–Trinajstić information content (AvgIpc) is 2.27. The number of carbonyl (C=O) groups excluding carboxylic acids is 1. The zero-order chi connectivity index (χ0) is 12.3. The first-order valence-electron chi connectivity index (χ1n) is 5.04. The summed E-state index contributed by atoms with van der Waals surface area (Å²) >= 11 is 0. The lowest BCUT2D eigenvalue weighted by molar-refractivity contribution is 0.0590. The number of halogens is 2. The minimum absolute atomic E-state index is 0.180. The van der Waals surface area contributed by atoms with E-state index in [4.69, 9.17) is 4.74 Å². The second kappa shape index (κ2) is 5.16. The van der Waals surface area contributed by atoms with Crippen molar-refractivity contribution in [2.24, 2.45) is 0 Å². The number of carbonyl (C=O) groups is 1. The normalized spacial score (nSPS) is 12.6. The minimum Gasteiger partial charge on any atom is -0.373 e. The maximum atomic E-state index is 13.5. The van der Waals surface area contributed by atoms with E-state index >= 15 is 0 Å². The van der Waals surface area contributed by atoms with E-state index in [9.17, 15) is 13.6 Å². The molecule has 0 aromatic heterocycles. The van der Waals surface area contributed by atoms with E-state index in [1.54, 1.807) is 6.92 Å². The highest BCUT2D eigenvalue weighted by molar-refractivity contribution is 5.99. The van der Waals surface area contributed by atoms with E-state index in [0.29, 0.717) is 6.42 Å². The Balaban J connectivity index is 3.14. The summed E-state index contributed by atoms with van der Waals surface area (Å²) in [5.74, 6) is -2.60. The Labute approximate surface area is 93.2 Å². The quantitative estimate of drug-likeness (QED) is 0.741. The first-order chi connectivity index (χ1) is 7.52. The highest BCUT2D eigenvalue weighted by Crippen LogP contribution is 2.18. The molecule has 0 bridgehead atoms. The van der Waals surface area contributed by atoms with Crippen LogP contribution in [-0.2, 0) is 4.74 Å². The minimum atomic E-state index is -1.10. The van der Waals surface area contributed by atoms with Crippen molar-refractivity contribution >= 4 is 5.78 Å². The molecule has 0 aliphatic carbocycles.